The number of carbonyl (C=O) groups excluding carboxylic acids is 1. The van der Waals surface area contributed by atoms with Gasteiger partial charge in [-0.1, -0.05) is 37.8 Å². The molecule has 4 rings (SSSR count). The Morgan fingerprint density at radius 1 is 0.857 bits per heavy atom. The Kier molecular flexibility index (Phi) is 6.17. The van der Waals surface area contributed by atoms with Gasteiger partial charge >= 0.3 is 5.97 Å². The van der Waals surface area contributed by atoms with Crippen molar-refractivity contribution in [3.8, 4) is 0 Å². The highest BCUT2D eigenvalue weighted by molar-refractivity contribution is 5.82. The number of ether oxygens (including phenoxy) is 1. The number of hydrogen-bond acceptors (Lipinski definition) is 4. The second-order valence-electron chi connectivity index (χ2n) is 8.82. The molecule has 5 atom stereocenters. The number of allylic oxidation sites excluding steroid dienone is 5. The van der Waals surface area contributed by atoms with E-state index in [1.54, 1.807) is 18.2 Å². The van der Waals surface area contributed by atoms with Gasteiger partial charge in [0.2, 0.25) is 0 Å². The average Bonchev–Trinajstić information content (AvgIpc) is 2.71. The topological polar surface area (TPSA) is 32.8 Å². The van der Waals surface area contributed by atoms with Crippen molar-refractivity contribution in [3.63, 3.8) is 0 Å². The van der Waals surface area contributed by atoms with Gasteiger partial charge in [0.05, 0.1) is 0 Å². The van der Waals surface area contributed by atoms with Gasteiger partial charge in [0.1, 0.15) is 6.10 Å². The van der Waals surface area contributed by atoms with Crippen molar-refractivity contribution in [3.05, 3.63) is 49.1 Å². The van der Waals surface area contributed by atoms with Crippen LogP contribution in [0.1, 0.15) is 51.4 Å². The number of piperidine rings is 4. The highest BCUT2D eigenvalue weighted by Crippen LogP contribution is 2.42. The smallest absolute Gasteiger partial charge is 0.331 e. The summed E-state index contributed by atoms with van der Waals surface area (Å²) in [7, 11) is 0. The van der Waals surface area contributed by atoms with Gasteiger partial charge in [0.15, 0.2) is 0 Å². The molecule has 4 aliphatic heterocycles. The quantitative estimate of drug-likeness (QED) is 0.409. The molecule has 4 heteroatoms. The molecular weight excluding hydrogens is 348 g/mol. The zero-order valence-electron chi connectivity index (χ0n) is 17.0. The standard InChI is InChI=1S/C24H34N2O2/c1-3-7-18(4-2)9-10-24(27)28-23-11-13-26-20-14-19-8-5-6-12-25(19)21(15-20)16-22(26)17-23/h3-4,7,9-10,19-23H,1-2,5-6,8,11-17H2/b10-9-,18-7+/t19-,20+,21+,22-,23?/m1/s1. The molecule has 0 aromatic heterocycles. The predicted molar refractivity (Wildman–Crippen MR) is 113 cm³/mol. The molecule has 0 saturated carbocycles. The molecule has 0 spiro atoms. The van der Waals surface area contributed by atoms with Crippen molar-refractivity contribution in [2.75, 3.05) is 13.1 Å². The minimum atomic E-state index is -0.248. The van der Waals surface area contributed by atoms with E-state index in [4.69, 9.17) is 4.74 Å². The summed E-state index contributed by atoms with van der Waals surface area (Å²) in [6, 6.07) is 2.89. The van der Waals surface area contributed by atoms with Gasteiger partial charge in [0.25, 0.3) is 0 Å². The van der Waals surface area contributed by atoms with E-state index >= 15 is 0 Å². The van der Waals surface area contributed by atoms with E-state index in [0.29, 0.717) is 6.04 Å². The second kappa shape index (κ2) is 8.79. The number of hydrogen-bond donors (Lipinski definition) is 0. The van der Waals surface area contributed by atoms with Crippen LogP contribution in [0.3, 0.4) is 0 Å². The van der Waals surface area contributed by atoms with E-state index in [1.165, 1.54) is 51.1 Å². The summed E-state index contributed by atoms with van der Waals surface area (Å²) in [4.78, 5) is 17.8. The first-order valence-corrected chi connectivity index (χ1v) is 11.0. The van der Waals surface area contributed by atoms with Gasteiger partial charge in [-0.2, -0.15) is 0 Å². The van der Waals surface area contributed by atoms with E-state index in [0.717, 1.165) is 43.1 Å². The van der Waals surface area contributed by atoms with Crippen LogP contribution in [0.15, 0.2) is 49.1 Å². The molecule has 4 fully saturated rings. The monoisotopic (exact) mass is 382 g/mol. The van der Waals surface area contributed by atoms with E-state index < -0.39 is 0 Å². The van der Waals surface area contributed by atoms with Crippen LogP contribution in [0.5, 0.6) is 0 Å². The normalized spacial score (nSPS) is 36.4. The number of fused-ring (bicyclic) bond motifs is 6. The van der Waals surface area contributed by atoms with Gasteiger partial charge in [-0.3, -0.25) is 9.80 Å². The van der Waals surface area contributed by atoms with E-state index in [9.17, 15) is 4.79 Å². The molecule has 0 aromatic rings. The minimum absolute atomic E-state index is 0.0462. The molecular formula is C24H34N2O2. The largest absolute Gasteiger partial charge is 0.459 e. The molecule has 4 saturated heterocycles. The molecule has 0 amide bonds. The summed E-state index contributed by atoms with van der Waals surface area (Å²) in [5, 5.41) is 0. The molecule has 4 aliphatic rings. The van der Waals surface area contributed by atoms with E-state index in [-0.39, 0.29) is 12.1 Å². The third-order valence-electron chi connectivity index (χ3n) is 7.20. The van der Waals surface area contributed by atoms with Gasteiger partial charge in [-0.15, -0.1) is 0 Å². The molecule has 28 heavy (non-hydrogen) atoms. The highest BCUT2D eigenvalue weighted by atomic mass is 16.5. The van der Waals surface area contributed by atoms with Crippen molar-refractivity contribution in [2.45, 2.75) is 81.6 Å². The molecule has 2 bridgehead atoms. The zero-order valence-corrected chi connectivity index (χ0v) is 17.0. The summed E-state index contributed by atoms with van der Waals surface area (Å²) in [6.07, 6.45) is 18.6. The number of rotatable bonds is 5. The molecule has 0 radical (unpaired) electrons. The Morgan fingerprint density at radius 2 is 1.57 bits per heavy atom. The minimum Gasteiger partial charge on any atom is -0.459 e. The van der Waals surface area contributed by atoms with Crippen molar-refractivity contribution < 1.29 is 9.53 Å². The summed E-state index contributed by atoms with van der Waals surface area (Å²) in [6.45, 7) is 9.79. The molecule has 152 valence electrons. The van der Waals surface area contributed by atoms with Crippen molar-refractivity contribution in [1.29, 1.82) is 0 Å². The maximum Gasteiger partial charge on any atom is 0.331 e. The van der Waals surface area contributed by atoms with Crippen LogP contribution in [0, 0.1) is 0 Å². The third-order valence-corrected chi connectivity index (χ3v) is 7.20. The van der Waals surface area contributed by atoms with Crippen molar-refractivity contribution in [2.24, 2.45) is 0 Å². The van der Waals surface area contributed by atoms with E-state index in [2.05, 4.69) is 23.0 Å². The fourth-order valence-electron chi connectivity index (χ4n) is 5.98. The summed E-state index contributed by atoms with van der Waals surface area (Å²) >= 11 is 0. The lowest BCUT2D eigenvalue weighted by Gasteiger charge is -2.58. The zero-order chi connectivity index (χ0) is 19.5. The third kappa shape index (κ3) is 4.18. The van der Waals surface area contributed by atoms with Crippen LogP contribution in [-0.2, 0) is 9.53 Å². The molecule has 0 aromatic carbocycles. The highest BCUT2D eigenvalue weighted by Gasteiger charge is 2.47. The van der Waals surface area contributed by atoms with Crippen molar-refractivity contribution in [1.82, 2.24) is 9.80 Å². The first kappa shape index (κ1) is 19.7. The van der Waals surface area contributed by atoms with Crippen LogP contribution in [-0.4, -0.2) is 59.1 Å². The molecule has 1 unspecified atom stereocenters. The Balaban J connectivity index is 1.34. The number of esters is 1. The van der Waals surface area contributed by atoms with Crippen LogP contribution in [0.4, 0.5) is 0 Å². The van der Waals surface area contributed by atoms with Gasteiger partial charge in [0, 0.05) is 43.2 Å². The molecule has 4 nitrogen and oxygen atoms in total. The fourth-order valence-corrected chi connectivity index (χ4v) is 5.98. The van der Waals surface area contributed by atoms with Crippen molar-refractivity contribution >= 4 is 5.97 Å². The maximum atomic E-state index is 12.3. The summed E-state index contributed by atoms with van der Waals surface area (Å²) in [5.74, 6) is -0.248. The SMILES string of the molecule is C=C/C=C(C=C)/C=C\C(=O)OC1CCN2[C@@H]3C[C@@H](C[C@@H]2C1)N1CCCC[C@@H]1C3. The summed E-state index contributed by atoms with van der Waals surface area (Å²) in [5.41, 5.74) is 0.859. The Labute approximate surface area is 169 Å². The Bertz CT molecular complexity index is 668. The van der Waals surface area contributed by atoms with Gasteiger partial charge < -0.3 is 4.74 Å². The lowest BCUT2D eigenvalue weighted by Crippen LogP contribution is -2.65. The van der Waals surface area contributed by atoms with E-state index in [1.807, 2.05) is 6.08 Å². The van der Waals surface area contributed by atoms with Crippen LogP contribution in [0.2, 0.25) is 0 Å². The fraction of sp³-hybridized carbons (Fsp3) is 0.625. The average molecular weight is 383 g/mol. The van der Waals surface area contributed by atoms with Gasteiger partial charge in [-0.05, 0) is 56.7 Å². The maximum absolute atomic E-state index is 12.3. The lowest BCUT2D eigenvalue weighted by atomic mass is 9.76. The molecule has 0 aliphatic carbocycles. The number of nitrogens with zero attached hydrogens (tertiary/aromatic N) is 2. The molecule has 4 heterocycles. The first-order valence-electron chi connectivity index (χ1n) is 11.0. The van der Waals surface area contributed by atoms with Crippen LogP contribution in [0.25, 0.3) is 0 Å². The summed E-state index contributed by atoms with van der Waals surface area (Å²) < 4.78 is 5.79. The Hall–Kier alpha value is -1.65. The van der Waals surface area contributed by atoms with Crippen LogP contribution >= 0.6 is 0 Å². The predicted octanol–water partition coefficient (Wildman–Crippen LogP) is 4.01. The molecule has 0 N–H and O–H groups in total. The van der Waals surface area contributed by atoms with Crippen LogP contribution < -0.4 is 0 Å². The second-order valence-corrected chi connectivity index (χ2v) is 8.82. The van der Waals surface area contributed by atoms with Gasteiger partial charge in [-0.25, -0.2) is 4.79 Å². The first-order chi connectivity index (χ1) is 13.7. The Morgan fingerprint density at radius 3 is 2.32 bits per heavy atom. The lowest BCUT2D eigenvalue weighted by molar-refractivity contribution is -0.150. The number of carbonyl (C=O) groups is 1.